The van der Waals surface area contributed by atoms with Gasteiger partial charge in [0.1, 0.15) is 0 Å². The normalized spacial score (nSPS) is 13.5. The van der Waals surface area contributed by atoms with Crippen LogP contribution in [0.25, 0.3) is 0 Å². The molecule has 2 atom stereocenters. The number of hydrogen-bond donors (Lipinski definition) is 3. The summed E-state index contributed by atoms with van der Waals surface area (Å²) in [5, 5.41) is 8.27. The Morgan fingerprint density at radius 1 is 1.21 bits per heavy atom. The molecular weight excluding hydrogens is 266 g/mol. The molecule has 0 bridgehead atoms. The second-order valence-corrected chi connectivity index (χ2v) is 4.61. The molecule has 1 rings (SSSR count). The Labute approximate surface area is 117 Å². The number of carbonyl (C=O) groups excluding carboxylic acids is 2. The molecule has 0 aliphatic heterocycles. The standard InChI is InChI=1S/C13H18ClN3O2/c1-8(10-6-4-5-7-11(10)14)16-9(2)12(18)17-13(19)15-3/h4-9,16H,1-3H3,(H2,15,17,18,19)/t8-,9?/m0/s1. The molecule has 0 fully saturated rings. The van der Waals surface area contributed by atoms with Gasteiger partial charge in [-0.1, -0.05) is 29.8 Å². The van der Waals surface area contributed by atoms with Crippen molar-refractivity contribution < 1.29 is 9.59 Å². The van der Waals surface area contributed by atoms with Gasteiger partial charge in [-0.3, -0.25) is 15.4 Å². The van der Waals surface area contributed by atoms with Crippen molar-refractivity contribution in [1.29, 1.82) is 0 Å². The summed E-state index contributed by atoms with van der Waals surface area (Å²) in [6.07, 6.45) is 0. The number of benzene rings is 1. The van der Waals surface area contributed by atoms with Crippen LogP contribution in [0.5, 0.6) is 0 Å². The topological polar surface area (TPSA) is 70.2 Å². The van der Waals surface area contributed by atoms with E-state index in [0.717, 1.165) is 5.56 Å². The molecule has 3 N–H and O–H groups in total. The Kier molecular flexibility index (Phi) is 5.79. The number of imide groups is 1. The first-order chi connectivity index (χ1) is 8.95. The summed E-state index contributed by atoms with van der Waals surface area (Å²) in [4.78, 5) is 22.7. The van der Waals surface area contributed by atoms with Crippen LogP contribution in [0.2, 0.25) is 5.02 Å². The molecule has 104 valence electrons. The van der Waals surface area contributed by atoms with Crippen LogP contribution < -0.4 is 16.0 Å². The summed E-state index contributed by atoms with van der Waals surface area (Å²) in [6, 6.07) is 6.29. The fourth-order valence-corrected chi connectivity index (χ4v) is 1.95. The largest absolute Gasteiger partial charge is 0.341 e. The number of hydrogen-bond acceptors (Lipinski definition) is 3. The average molecular weight is 284 g/mol. The predicted octanol–water partition coefficient (Wildman–Crippen LogP) is 1.83. The third-order valence-corrected chi connectivity index (χ3v) is 3.07. The van der Waals surface area contributed by atoms with Crippen LogP contribution in [0.3, 0.4) is 0 Å². The smallest absolute Gasteiger partial charge is 0.321 e. The maximum absolute atomic E-state index is 11.7. The number of rotatable bonds is 4. The van der Waals surface area contributed by atoms with Crippen molar-refractivity contribution in [2.45, 2.75) is 25.9 Å². The molecule has 0 spiro atoms. The first kappa shape index (κ1) is 15.5. The van der Waals surface area contributed by atoms with E-state index < -0.39 is 18.0 Å². The molecule has 19 heavy (non-hydrogen) atoms. The van der Waals surface area contributed by atoms with Gasteiger partial charge in [-0.2, -0.15) is 0 Å². The minimum Gasteiger partial charge on any atom is -0.341 e. The monoisotopic (exact) mass is 283 g/mol. The van der Waals surface area contributed by atoms with Crippen molar-refractivity contribution in [2.24, 2.45) is 0 Å². The molecule has 0 saturated heterocycles. The van der Waals surface area contributed by atoms with Crippen molar-refractivity contribution in [1.82, 2.24) is 16.0 Å². The molecule has 0 aliphatic rings. The molecule has 1 aromatic carbocycles. The predicted molar refractivity (Wildman–Crippen MR) is 75.1 cm³/mol. The molecule has 0 aromatic heterocycles. The van der Waals surface area contributed by atoms with Crippen molar-refractivity contribution in [3.05, 3.63) is 34.9 Å². The van der Waals surface area contributed by atoms with E-state index in [2.05, 4.69) is 16.0 Å². The highest BCUT2D eigenvalue weighted by Crippen LogP contribution is 2.22. The molecule has 0 radical (unpaired) electrons. The van der Waals surface area contributed by atoms with Crippen LogP contribution in [0.15, 0.2) is 24.3 Å². The van der Waals surface area contributed by atoms with E-state index in [1.54, 1.807) is 13.0 Å². The van der Waals surface area contributed by atoms with Gasteiger partial charge in [0.05, 0.1) is 6.04 Å². The molecule has 0 heterocycles. The summed E-state index contributed by atoms with van der Waals surface area (Å²) in [6.45, 7) is 3.59. The van der Waals surface area contributed by atoms with Crippen LogP contribution >= 0.6 is 11.6 Å². The summed E-state index contributed by atoms with van der Waals surface area (Å²) in [5.41, 5.74) is 0.906. The van der Waals surface area contributed by atoms with Gasteiger partial charge in [-0.15, -0.1) is 0 Å². The zero-order chi connectivity index (χ0) is 14.4. The Morgan fingerprint density at radius 3 is 2.42 bits per heavy atom. The summed E-state index contributed by atoms with van der Waals surface area (Å²) < 4.78 is 0. The van der Waals surface area contributed by atoms with Gasteiger partial charge >= 0.3 is 6.03 Å². The lowest BCUT2D eigenvalue weighted by Crippen LogP contribution is -2.47. The molecule has 5 nitrogen and oxygen atoms in total. The van der Waals surface area contributed by atoms with Crippen molar-refractivity contribution in [2.75, 3.05) is 7.05 Å². The first-order valence-corrected chi connectivity index (χ1v) is 6.36. The maximum atomic E-state index is 11.7. The highest BCUT2D eigenvalue weighted by Gasteiger charge is 2.18. The van der Waals surface area contributed by atoms with E-state index in [9.17, 15) is 9.59 Å². The van der Waals surface area contributed by atoms with E-state index in [0.29, 0.717) is 5.02 Å². The lowest BCUT2D eigenvalue weighted by Gasteiger charge is -2.20. The lowest BCUT2D eigenvalue weighted by atomic mass is 10.1. The highest BCUT2D eigenvalue weighted by molar-refractivity contribution is 6.31. The summed E-state index contributed by atoms with van der Waals surface area (Å²) >= 11 is 6.08. The molecule has 6 heteroatoms. The molecule has 0 aliphatic carbocycles. The van der Waals surface area contributed by atoms with E-state index in [-0.39, 0.29) is 6.04 Å². The zero-order valence-electron chi connectivity index (χ0n) is 11.2. The number of halogens is 1. The SMILES string of the molecule is CNC(=O)NC(=O)C(C)N[C@@H](C)c1ccccc1Cl. The molecule has 3 amide bonds. The number of urea groups is 1. The minimum atomic E-state index is -0.524. The van der Waals surface area contributed by atoms with E-state index in [4.69, 9.17) is 11.6 Å². The minimum absolute atomic E-state index is 0.0980. The Morgan fingerprint density at radius 2 is 1.84 bits per heavy atom. The average Bonchev–Trinajstić information content (AvgIpc) is 2.38. The molecule has 1 unspecified atom stereocenters. The van der Waals surface area contributed by atoms with Crippen molar-refractivity contribution in [3.63, 3.8) is 0 Å². The lowest BCUT2D eigenvalue weighted by molar-refractivity contribution is -0.121. The maximum Gasteiger partial charge on any atom is 0.321 e. The van der Waals surface area contributed by atoms with Crippen LogP contribution in [-0.4, -0.2) is 25.0 Å². The fraction of sp³-hybridized carbons (Fsp3) is 0.385. The Balaban J connectivity index is 2.62. The van der Waals surface area contributed by atoms with Crippen molar-refractivity contribution in [3.8, 4) is 0 Å². The summed E-state index contributed by atoms with van der Waals surface area (Å²) in [5.74, 6) is -0.391. The third-order valence-electron chi connectivity index (χ3n) is 2.73. The van der Waals surface area contributed by atoms with E-state index in [1.165, 1.54) is 7.05 Å². The van der Waals surface area contributed by atoms with Gasteiger partial charge < -0.3 is 5.32 Å². The molecule has 1 aromatic rings. The first-order valence-electron chi connectivity index (χ1n) is 5.98. The van der Waals surface area contributed by atoms with Gasteiger partial charge in [0.15, 0.2) is 0 Å². The number of carbonyl (C=O) groups is 2. The quantitative estimate of drug-likeness (QED) is 0.790. The van der Waals surface area contributed by atoms with Gasteiger partial charge in [0.2, 0.25) is 5.91 Å². The summed E-state index contributed by atoms with van der Waals surface area (Å²) in [7, 11) is 1.45. The van der Waals surface area contributed by atoms with Crippen molar-refractivity contribution >= 4 is 23.5 Å². The van der Waals surface area contributed by atoms with Crippen LogP contribution in [0, 0.1) is 0 Å². The van der Waals surface area contributed by atoms with Gasteiger partial charge in [0, 0.05) is 18.1 Å². The molecule has 0 saturated carbocycles. The fourth-order valence-electron chi connectivity index (χ4n) is 1.65. The number of amides is 3. The van der Waals surface area contributed by atoms with Crippen LogP contribution in [0.1, 0.15) is 25.5 Å². The van der Waals surface area contributed by atoms with E-state index >= 15 is 0 Å². The molecular formula is C13H18ClN3O2. The van der Waals surface area contributed by atoms with E-state index in [1.807, 2.05) is 25.1 Å². The second-order valence-electron chi connectivity index (χ2n) is 4.20. The third kappa shape index (κ3) is 4.54. The Bertz CT molecular complexity index is 465. The van der Waals surface area contributed by atoms with Gasteiger partial charge in [-0.25, -0.2) is 4.79 Å². The number of nitrogens with one attached hydrogen (secondary N) is 3. The second kappa shape index (κ2) is 7.11. The van der Waals surface area contributed by atoms with Gasteiger partial charge in [-0.05, 0) is 25.5 Å². The Hall–Kier alpha value is -1.59. The van der Waals surface area contributed by atoms with Gasteiger partial charge in [0.25, 0.3) is 0 Å². The highest BCUT2D eigenvalue weighted by atomic mass is 35.5. The zero-order valence-corrected chi connectivity index (χ0v) is 11.9. The van der Waals surface area contributed by atoms with Crippen LogP contribution in [-0.2, 0) is 4.79 Å². The van der Waals surface area contributed by atoms with Crippen LogP contribution in [0.4, 0.5) is 4.79 Å².